The third kappa shape index (κ3) is 1.98. The quantitative estimate of drug-likeness (QED) is 0.853. The Kier molecular flexibility index (Phi) is 2.79. The van der Waals surface area contributed by atoms with E-state index < -0.39 is 11.9 Å². The van der Waals surface area contributed by atoms with Crippen molar-refractivity contribution in [2.24, 2.45) is 13.0 Å². The zero-order chi connectivity index (χ0) is 12.6. The topological polar surface area (TPSA) is 62.5 Å². The molecule has 0 fully saturated rings. The number of aliphatic carboxylic acids is 1. The van der Waals surface area contributed by atoms with E-state index in [2.05, 4.69) is 0 Å². The minimum atomic E-state index is -0.806. The number of aromatic hydroxyl groups is 1. The lowest BCUT2D eigenvalue weighted by atomic mass is 10.1. The van der Waals surface area contributed by atoms with E-state index in [-0.39, 0.29) is 5.75 Å². The number of carboxylic acid groups (broad SMARTS) is 1. The van der Waals surface area contributed by atoms with Gasteiger partial charge in [-0.25, -0.2) is 0 Å². The van der Waals surface area contributed by atoms with Crippen LogP contribution in [-0.4, -0.2) is 20.7 Å². The fourth-order valence-corrected chi connectivity index (χ4v) is 2.05. The number of hydrogen-bond donors (Lipinski definition) is 2. The highest BCUT2D eigenvalue weighted by Gasteiger charge is 2.16. The number of benzene rings is 1. The second kappa shape index (κ2) is 4.13. The molecule has 2 aromatic rings. The molecule has 4 heteroatoms. The molecule has 4 nitrogen and oxygen atoms in total. The highest BCUT2D eigenvalue weighted by atomic mass is 16.4. The number of carboxylic acids is 1. The van der Waals surface area contributed by atoms with Crippen LogP contribution in [0.15, 0.2) is 24.3 Å². The van der Waals surface area contributed by atoms with Crippen molar-refractivity contribution in [1.82, 2.24) is 4.57 Å². The molecule has 1 heterocycles. The SMILES string of the molecule is CC(Cc1cc2cccc(O)c2n1C)C(=O)O. The lowest BCUT2D eigenvalue weighted by Crippen LogP contribution is -2.14. The normalized spacial score (nSPS) is 12.8. The monoisotopic (exact) mass is 233 g/mol. The van der Waals surface area contributed by atoms with Gasteiger partial charge in [0, 0.05) is 24.5 Å². The van der Waals surface area contributed by atoms with Crippen molar-refractivity contribution in [3.05, 3.63) is 30.0 Å². The molecule has 2 N–H and O–H groups in total. The molecular formula is C13H15NO3. The summed E-state index contributed by atoms with van der Waals surface area (Å²) in [5.41, 5.74) is 1.66. The van der Waals surface area contributed by atoms with Gasteiger partial charge in [0.1, 0.15) is 5.75 Å². The molecule has 0 saturated heterocycles. The van der Waals surface area contributed by atoms with E-state index in [1.54, 1.807) is 19.1 Å². The average Bonchev–Trinajstić information content (AvgIpc) is 2.57. The number of carbonyl (C=O) groups is 1. The van der Waals surface area contributed by atoms with E-state index >= 15 is 0 Å². The third-order valence-electron chi connectivity index (χ3n) is 3.07. The molecule has 90 valence electrons. The predicted molar refractivity (Wildman–Crippen MR) is 65.1 cm³/mol. The summed E-state index contributed by atoms with van der Waals surface area (Å²) >= 11 is 0. The zero-order valence-corrected chi connectivity index (χ0v) is 9.84. The first-order valence-corrected chi connectivity index (χ1v) is 5.49. The molecule has 0 aliphatic rings. The van der Waals surface area contributed by atoms with Gasteiger partial charge in [0.25, 0.3) is 0 Å². The Morgan fingerprint density at radius 2 is 2.18 bits per heavy atom. The van der Waals surface area contributed by atoms with E-state index in [1.165, 1.54) is 0 Å². The van der Waals surface area contributed by atoms with Gasteiger partial charge in [-0.05, 0) is 12.1 Å². The van der Waals surface area contributed by atoms with Crippen LogP contribution < -0.4 is 0 Å². The van der Waals surface area contributed by atoms with Gasteiger partial charge in [0.05, 0.1) is 11.4 Å². The number of phenolic OH excluding ortho intramolecular Hbond substituents is 1. The van der Waals surface area contributed by atoms with Crippen molar-refractivity contribution < 1.29 is 15.0 Å². The molecule has 0 aliphatic carbocycles. The van der Waals surface area contributed by atoms with Gasteiger partial charge in [-0.15, -0.1) is 0 Å². The van der Waals surface area contributed by atoms with Crippen LogP contribution in [0.5, 0.6) is 5.75 Å². The first-order valence-electron chi connectivity index (χ1n) is 5.49. The maximum absolute atomic E-state index is 10.8. The van der Waals surface area contributed by atoms with Gasteiger partial charge < -0.3 is 14.8 Å². The third-order valence-corrected chi connectivity index (χ3v) is 3.07. The van der Waals surface area contributed by atoms with Gasteiger partial charge in [-0.2, -0.15) is 0 Å². The summed E-state index contributed by atoms with van der Waals surface area (Å²) in [5, 5.41) is 19.6. The summed E-state index contributed by atoms with van der Waals surface area (Å²) in [6.07, 6.45) is 0.458. The Morgan fingerprint density at radius 1 is 1.47 bits per heavy atom. The van der Waals surface area contributed by atoms with E-state index in [9.17, 15) is 9.90 Å². The number of rotatable bonds is 3. The Balaban J connectivity index is 2.46. The second-order valence-electron chi connectivity index (χ2n) is 4.35. The number of nitrogens with zero attached hydrogens (tertiary/aromatic N) is 1. The van der Waals surface area contributed by atoms with E-state index in [0.717, 1.165) is 16.6 Å². The van der Waals surface area contributed by atoms with Crippen LogP contribution >= 0.6 is 0 Å². The molecule has 2 rings (SSSR count). The molecular weight excluding hydrogens is 218 g/mol. The van der Waals surface area contributed by atoms with Crippen molar-refractivity contribution in [2.45, 2.75) is 13.3 Å². The Hall–Kier alpha value is -1.97. The van der Waals surface area contributed by atoms with Crippen molar-refractivity contribution in [2.75, 3.05) is 0 Å². The number of phenols is 1. The molecule has 1 unspecified atom stereocenters. The van der Waals surface area contributed by atoms with Crippen LogP contribution in [0.25, 0.3) is 10.9 Å². The molecule has 0 spiro atoms. The molecule has 0 aliphatic heterocycles. The molecule has 1 atom stereocenters. The fourth-order valence-electron chi connectivity index (χ4n) is 2.05. The van der Waals surface area contributed by atoms with E-state index in [0.29, 0.717) is 6.42 Å². The standard InChI is InChI=1S/C13H15NO3/c1-8(13(16)17)6-10-7-9-4-3-5-11(15)12(9)14(10)2/h3-5,7-8,15H,6H2,1-2H3,(H,16,17). The smallest absolute Gasteiger partial charge is 0.306 e. The Bertz CT molecular complexity index is 571. The van der Waals surface area contributed by atoms with Crippen LogP contribution in [0.1, 0.15) is 12.6 Å². The van der Waals surface area contributed by atoms with Gasteiger partial charge in [-0.1, -0.05) is 19.1 Å². The summed E-state index contributed by atoms with van der Waals surface area (Å²) in [7, 11) is 1.84. The lowest BCUT2D eigenvalue weighted by Gasteiger charge is -2.08. The molecule has 1 aromatic carbocycles. The van der Waals surface area contributed by atoms with Gasteiger partial charge in [0.15, 0.2) is 0 Å². The Morgan fingerprint density at radius 3 is 2.76 bits per heavy atom. The summed E-state index contributed by atoms with van der Waals surface area (Å²) in [4.78, 5) is 10.8. The summed E-state index contributed by atoms with van der Waals surface area (Å²) in [6, 6.07) is 7.24. The molecule has 0 amide bonds. The minimum absolute atomic E-state index is 0.222. The second-order valence-corrected chi connectivity index (χ2v) is 4.35. The first-order chi connectivity index (χ1) is 8.00. The molecule has 0 saturated carbocycles. The van der Waals surface area contributed by atoms with Gasteiger partial charge in [0.2, 0.25) is 0 Å². The fraction of sp³-hybridized carbons (Fsp3) is 0.308. The number of aryl methyl sites for hydroxylation is 1. The lowest BCUT2D eigenvalue weighted by molar-refractivity contribution is -0.141. The summed E-state index contributed by atoms with van der Waals surface area (Å²) < 4.78 is 1.85. The highest BCUT2D eigenvalue weighted by molar-refractivity contribution is 5.86. The van der Waals surface area contributed by atoms with Crippen LogP contribution in [-0.2, 0) is 18.3 Å². The largest absolute Gasteiger partial charge is 0.506 e. The number of hydrogen-bond acceptors (Lipinski definition) is 2. The van der Waals surface area contributed by atoms with Crippen molar-refractivity contribution in [3.8, 4) is 5.75 Å². The van der Waals surface area contributed by atoms with Crippen LogP contribution in [0.2, 0.25) is 0 Å². The van der Waals surface area contributed by atoms with Gasteiger partial charge in [-0.3, -0.25) is 4.79 Å². The maximum Gasteiger partial charge on any atom is 0.306 e. The molecule has 0 bridgehead atoms. The van der Waals surface area contributed by atoms with Crippen LogP contribution in [0.3, 0.4) is 0 Å². The molecule has 0 radical (unpaired) electrons. The Labute approximate surface area is 99.1 Å². The summed E-state index contributed by atoms with van der Waals surface area (Å²) in [6.45, 7) is 1.68. The number of para-hydroxylation sites is 1. The van der Waals surface area contributed by atoms with E-state index in [4.69, 9.17) is 5.11 Å². The maximum atomic E-state index is 10.8. The predicted octanol–water partition coefficient (Wildman–Crippen LogP) is 2.15. The number of fused-ring (bicyclic) bond motifs is 1. The highest BCUT2D eigenvalue weighted by Crippen LogP contribution is 2.28. The zero-order valence-electron chi connectivity index (χ0n) is 9.84. The minimum Gasteiger partial charge on any atom is -0.506 e. The van der Waals surface area contributed by atoms with Crippen molar-refractivity contribution >= 4 is 16.9 Å². The molecule has 17 heavy (non-hydrogen) atoms. The van der Waals surface area contributed by atoms with Crippen molar-refractivity contribution in [1.29, 1.82) is 0 Å². The van der Waals surface area contributed by atoms with Crippen LogP contribution in [0.4, 0.5) is 0 Å². The van der Waals surface area contributed by atoms with Gasteiger partial charge >= 0.3 is 5.97 Å². The molecule has 1 aromatic heterocycles. The van der Waals surface area contributed by atoms with E-state index in [1.807, 2.05) is 23.7 Å². The summed E-state index contributed by atoms with van der Waals surface area (Å²) in [5.74, 6) is -1.01. The first kappa shape index (κ1) is 11.5. The van der Waals surface area contributed by atoms with Crippen molar-refractivity contribution in [3.63, 3.8) is 0 Å². The number of aromatic nitrogens is 1. The average molecular weight is 233 g/mol. The van der Waals surface area contributed by atoms with Crippen LogP contribution in [0, 0.1) is 5.92 Å².